The molecule has 2 aromatic heterocycles. The molecule has 0 spiro atoms. The Bertz CT molecular complexity index is 1230. The van der Waals surface area contributed by atoms with Gasteiger partial charge < -0.3 is 0 Å². The maximum absolute atomic E-state index is 5.09. The van der Waals surface area contributed by atoms with Crippen molar-refractivity contribution in [2.45, 2.75) is 26.4 Å². The lowest BCUT2D eigenvalue weighted by atomic mass is 10.2. The molecule has 0 N–H and O–H groups in total. The first-order chi connectivity index (χ1) is 15.7. The summed E-state index contributed by atoms with van der Waals surface area (Å²) < 4.78 is 2.02. The van der Waals surface area contributed by atoms with Crippen molar-refractivity contribution in [1.29, 1.82) is 0 Å². The fraction of sp³-hybridized carbons (Fsp3) is 0.143. The van der Waals surface area contributed by atoms with Crippen LogP contribution in [0.15, 0.2) is 103 Å². The standard InChI is InChI=1S/C28H27N3P/c1-3-23-20-19-22(2)31-28(23)29-27(30-31)21-32(24-13-7-4-8-14-24,25-15-9-5-10-16-25)26-17-11-6-12-18-26/h4-20H,3,21H2,1-2H3/q+1. The van der Waals surface area contributed by atoms with Crippen molar-refractivity contribution in [3.63, 3.8) is 0 Å². The molecule has 0 radical (unpaired) electrons. The van der Waals surface area contributed by atoms with Crippen LogP contribution in [0.3, 0.4) is 0 Å². The minimum absolute atomic E-state index is 0.787. The van der Waals surface area contributed by atoms with Gasteiger partial charge in [-0.1, -0.05) is 67.6 Å². The topological polar surface area (TPSA) is 30.2 Å². The van der Waals surface area contributed by atoms with Crippen LogP contribution in [0.5, 0.6) is 0 Å². The van der Waals surface area contributed by atoms with Gasteiger partial charge in [0.1, 0.15) is 29.3 Å². The van der Waals surface area contributed by atoms with Crippen LogP contribution in [0.2, 0.25) is 0 Å². The fourth-order valence-electron chi connectivity index (χ4n) is 4.50. The summed E-state index contributed by atoms with van der Waals surface area (Å²) in [6.45, 7) is 4.27. The zero-order valence-electron chi connectivity index (χ0n) is 18.5. The molecule has 5 rings (SSSR count). The van der Waals surface area contributed by atoms with Crippen LogP contribution in [0, 0.1) is 6.92 Å². The molecular weight excluding hydrogens is 409 g/mol. The van der Waals surface area contributed by atoms with E-state index in [9.17, 15) is 0 Å². The third-order valence-electron chi connectivity index (χ3n) is 6.15. The van der Waals surface area contributed by atoms with E-state index in [1.807, 2.05) is 4.52 Å². The molecule has 0 atom stereocenters. The molecule has 5 aromatic rings. The number of nitrogens with zero attached hydrogens (tertiary/aromatic N) is 3. The van der Waals surface area contributed by atoms with Crippen molar-refractivity contribution in [3.8, 4) is 0 Å². The van der Waals surface area contributed by atoms with Crippen LogP contribution < -0.4 is 15.9 Å². The molecule has 3 nitrogen and oxygen atoms in total. The molecule has 0 amide bonds. The second kappa shape index (κ2) is 8.68. The molecule has 4 heteroatoms. The first-order valence-electron chi connectivity index (χ1n) is 11.1. The Morgan fingerprint density at radius 3 is 1.66 bits per heavy atom. The van der Waals surface area contributed by atoms with Crippen molar-refractivity contribution >= 4 is 28.8 Å². The minimum atomic E-state index is -2.01. The van der Waals surface area contributed by atoms with Crippen molar-refractivity contribution in [3.05, 3.63) is 120 Å². The number of hydrogen-bond acceptors (Lipinski definition) is 2. The zero-order chi connectivity index (χ0) is 22.0. The van der Waals surface area contributed by atoms with E-state index < -0.39 is 7.26 Å². The smallest absolute Gasteiger partial charge is 0.190 e. The maximum atomic E-state index is 5.09. The van der Waals surface area contributed by atoms with Gasteiger partial charge in [0.05, 0.1) is 0 Å². The van der Waals surface area contributed by atoms with Crippen LogP contribution in [-0.2, 0) is 12.6 Å². The highest BCUT2D eigenvalue weighted by molar-refractivity contribution is 7.95. The van der Waals surface area contributed by atoms with Crippen LogP contribution in [0.25, 0.3) is 5.65 Å². The van der Waals surface area contributed by atoms with Crippen LogP contribution in [0.1, 0.15) is 24.0 Å². The molecule has 0 saturated carbocycles. The Hall–Kier alpha value is -3.29. The molecule has 3 aromatic carbocycles. The van der Waals surface area contributed by atoms with Gasteiger partial charge in [0.25, 0.3) is 0 Å². The molecule has 2 heterocycles. The lowest BCUT2D eigenvalue weighted by molar-refractivity contribution is 0.879. The molecular formula is C28H27N3P+. The predicted molar refractivity (Wildman–Crippen MR) is 136 cm³/mol. The second-order valence-electron chi connectivity index (χ2n) is 8.09. The molecule has 0 bridgehead atoms. The van der Waals surface area contributed by atoms with Crippen molar-refractivity contribution in [2.75, 3.05) is 0 Å². The third-order valence-corrected chi connectivity index (χ3v) is 10.4. The van der Waals surface area contributed by atoms with Gasteiger partial charge >= 0.3 is 0 Å². The van der Waals surface area contributed by atoms with Crippen LogP contribution >= 0.6 is 7.26 Å². The van der Waals surface area contributed by atoms with Crippen molar-refractivity contribution in [2.24, 2.45) is 0 Å². The van der Waals surface area contributed by atoms with Crippen molar-refractivity contribution < 1.29 is 0 Å². The highest BCUT2D eigenvalue weighted by Crippen LogP contribution is 2.57. The van der Waals surface area contributed by atoms with Gasteiger partial charge in [0.2, 0.25) is 0 Å². The molecule has 0 fully saturated rings. The van der Waals surface area contributed by atoms with Gasteiger partial charge in [0.15, 0.2) is 11.5 Å². The van der Waals surface area contributed by atoms with Gasteiger partial charge in [-0.25, -0.2) is 9.50 Å². The van der Waals surface area contributed by atoms with E-state index in [2.05, 4.69) is 117 Å². The fourth-order valence-corrected chi connectivity index (χ4v) is 8.54. The molecule has 0 unspecified atom stereocenters. The number of aromatic nitrogens is 3. The van der Waals surface area contributed by atoms with E-state index in [0.717, 1.165) is 29.7 Å². The summed E-state index contributed by atoms with van der Waals surface area (Å²) in [5, 5.41) is 9.07. The van der Waals surface area contributed by atoms with Gasteiger partial charge in [-0.05, 0) is 61.4 Å². The van der Waals surface area contributed by atoms with Crippen LogP contribution in [0.4, 0.5) is 0 Å². The van der Waals surface area contributed by atoms with E-state index in [0.29, 0.717) is 0 Å². The van der Waals surface area contributed by atoms with Crippen molar-refractivity contribution in [1.82, 2.24) is 14.6 Å². The molecule has 0 aliphatic rings. The first-order valence-corrected chi connectivity index (χ1v) is 13.1. The highest BCUT2D eigenvalue weighted by atomic mass is 31.2. The Morgan fingerprint density at radius 2 is 1.19 bits per heavy atom. The summed E-state index contributed by atoms with van der Waals surface area (Å²) >= 11 is 0. The SMILES string of the molecule is CCc1ccc(C)n2nc(C[P+](c3ccccc3)(c3ccccc3)c3ccccc3)nc12. The normalized spacial score (nSPS) is 11.7. The Morgan fingerprint density at radius 1 is 0.688 bits per heavy atom. The summed E-state index contributed by atoms with van der Waals surface area (Å²) in [6.07, 6.45) is 1.73. The molecule has 32 heavy (non-hydrogen) atoms. The zero-order valence-corrected chi connectivity index (χ0v) is 19.4. The number of benzene rings is 3. The van der Waals surface area contributed by atoms with E-state index >= 15 is 0 Å². The van der Waals surface area contributed by atoms with Gasteiger partial charge in [-0.15, -0.1) is 5.10 Å². The summed E-state index contributed by atoms with van der Waals surface area (Å²) in [7, 11) is -2.01. The largest absolute Gasteiger partial charge is 0.218 e. The minimum Gasteiger partial charge on any atom is -0.218 e. The highest BCUT2D eigenvalue weighted by Gasteiger charge is 2.46. The monoisotopic (exact) mass is 436 g/mol. The van der Waals surface area contributed by atoms with E-state index in [1.165, 1.54) is 21.5 Å². The first kappa shape index (κ1) is 20.6. The quantitative estimate of drug-likeness (QED) is 0.347. The average molecular weight is 437 g/mol. The molecule has 0 aliphatic carbocycles. The lowest BCUT2D eigenvalue weighted by Crippen LogP contribution is -2.32. The second-order valence-corrected chi connectivity index (χ2v) is 11.6. The lowest BCUT2D eigenvalue weighted by Gasteiger charge is -2.26. The predicted octanol–water partition coefficient (Wildman–Crippen LogP) is 5.09. The Kier molecular flexibility index (Phi) is 5.59. The van der Waals surface area contributed by atoms with Gasteiger partial charge in [-0.2, -0.15) is 0 Å². The number of hydrogen-bond donors (Lipinski definition) is 0. The van der Waals surface area contributed by atoms with E-state index in [1.54, 1.807) is 0 Å². The average Bonchev–Trinajstić information content (AvgIpc) is 3.29. The van der Waals surface area contributed by atoms with E-state index in [4.69, 9.17) is 10.1 Å². The summed E-state index contributed by atoms with van der Waals surface area (Å²) in [4.78, 5) is 5.09. The number of rotatable bonds is 6. The van der Waals surface area contributed by atoms with Crippen LogP contribution in [-0.4, -0.2) is 14.6 Å². The third kappa shape index (κ3) is 3.53. The molecule has 0 saturated heterocycles. The Balaban J connectivity index is 1.77. The van der Waals surface area contributed by atoms with Gasteiger partial charge in [0, 0.05) is 5.69 Å². The summed E-state index contributed by atoms with van der Waals surface area (Å²) in [6, 6.07) is 37.1. The van der Waals surface area contributed by atoms with Gasteiger partial charge in [-0.3, -0.25) is 0 Å². The Labute approximate surface area is 190 Å². The molecule has 0 aliphatic heterocycles. The number of aryl methyl sites for hydroxylation is 2. The van der Waals surface area contributed by atoms with E-state index in [-0.39, 0.29) is 0 Å². The summed E-state index contributed by atoms with van der Waals surface area (Å²) in [5.41, 5.74) is 3.33. The number of fused-ring (bicyclic) bond motifs is 1. The molecule has 158 valence electrons. The maximum Gasteiger partial charge on any atom is 0.190 e. The number of pyridine rings is 1. The summed E-state index contributed by atoms with van der Waals surface area (Å²) in [5.74, 6) is 0.902.